The van der Waals surface area contributed by atoms with Crippen molar-refractivity contribution in [3.8, 4) is 22.5 Å². The van der Waals surface area contributed by atoms with Crippen LogP contribution in [-0.4, -0.2) is 49.6 Å². The van der Waals surface area contributed by atoms with Gasteiger partial charge in [0.1, 0.15) is 17.5 Å². The Bertz CT molecular complexity index is 2650. The van der Waals surface area contributed by atoms with Crippen molar-refractivity contribution >= 4 is 10.9 Å². The van der Waals surface area contributed by atoms with E-state index in [9.17, 15) is 4.79 Å². The van der Waals surface area contributed by atoms with Crippen molar-refractivity contribution in [1.29, 1.82) is 0 Å². The third-order valence-corrected chi connectivity index (χ3v) is 11.8. The lowest BCUT2D eigenvalue weighted by Gasteiger charge is -2.36. The fourth-order valence-corrected chi connectivity index (χ4v) is 8.88. The van der Waals surface area contributed by atoms with Gasteiger partial charge in [-0.05, 0) is 80.8 Å². The van der Waals surface area contributed by atoms with Crippen LogP contribution in [0.3, 0.4) is 0 Å². The highest BCUT2D eigenvalue weighted by molar-refractivity contribution is 5.81. The van der Waals surface area contributed by atoms with E-state index in [0.29, 0.717) is 23.3 Å². The molecule has 2 atom stereocenters. The quantitative estimate of drug-likeness (QED) is 0.101. The first-order valence-electron chi connectivity index (χ1n) is 20.9. The molecule has 1 fully saturated rings. The smallest absolute Gasteiger partial charge is 0.261 e. The Labute approximate surface area is 350 Å². The van der Waals surface area contributed by atoms with Crippen molar-refractivity contribution in [2.24, 2.45) is 0 Å². The third-order valence-electron chi connectivity index (χ3n) is 11.8. The number of hydrogen-bond donors (Lipinski definition) is 0. The van der Waals surface area contributed by atoms with Gasteiger partial charge in [0.05, 0.1) is 23.6 Å². The number of unbranched alkanes of at least 4 members (excludes halogenated alkanes) is 1. The van der Waals surface area contributed by atoms with Gasteiger partial charge in [-0.15, -0.1) is 5.10 Å². The van der Waals surface area contributed by atoms with Crippen molar-refractivity contribution in [3.05, 3.63) is 202 Å². The highest BCUT2D eigenvalue weighted by Crippen LogP contribution is 2.43. The summed E-state index contributed by atoms with van der Waals surface area (Å²) in [5, 5.41) is 14.5. The number of hydrogen-bond acceptors (Lipinski definition) is 7. The Morgan fingerprint density at radius 3 is 2.02 bits per heavy atom. The maximum absolute atomic E-state index is 14.4. The second-order valence-electron chi connectivity index (χ2n) is 15.5. The number of benzene rings is 6. The summed E-state index contributed by atoms with van der Waals surface area (Å²) < 4.78 is 15.7. The van der Waals surface area contributed by atoms with Crippen LogP contribution in [0.15, 0.2) is 163 Å². The first-order valence-corrected chi connectivity index (χ1v) is 20.9. The largest absolute Gasteiger partial charge is 0.375 e. The molecule has 9 heteroatoms. The molecule has 2 aromatic heterocycles. The SMILES string of the molecule is CCCCc1nc2ccc(C(OC)C3CCCO3)cc2c(=O)n1Cc1ccc(-c2ccccc2-c2nnnn2C(c2ccccc2)(c2ccccc2)c2ccccc2)cc1. The number of methoxy groups -OCH3 is 1. The minimum absolute atomic E-state index is 0.0261. The minimum Gasteiger partial charge on any atom is -0.375 e. The van der Waals surface area contributed by atoms with Crippen LogP contribution in [0.4, 0.5) is 0 Å². The van der Waals surface area contributed by atoms with Gasteiger partial charge in [-0.2, -0.15) is 0 Å². The molecule has 1 saturated heterocycles. The molecule has 0 N–H and O–H groups in total. The van der Waals surface area contributed by atoms with Crippen LogP contribution in [-0.2, 0) is 28.0 Å². The molecule has 9 rings (SSSR count). The molecule has 0 spiro atoms. The summed E-state index contributed by atoms with van der Waals surface area (Å²) in [6.07, 6.45) is 4.34. The van der Waals surface area contributed by atoms with Gasteiger partial charge in [0.25, 0.3) is 5.56 Å². The molecule has 0 radical (unpaired) electrons. The fourth-order valence-electron chi connectivity index (χ4n) is 8.88. The second kappa shape index (κ2) is 17.4. The van der Waals surface area contributed by atoms with Crippen molar-refractivity contribution in [1.82, 2.24) is 29.8 Å². The first-order chi connectivity index (χ1) is 29.6. The summed E-state index contributed by atoms with van der Waals surface area (Å²) in [5.74, 6) is 1.43. The summed E-state index contributed by atoms with van der Waals surface area (Å²) in [6.45, 7) is 3.29. The van der Waals surface area contributed by atoms with E-state index >= 15 is 0 Å². The van der Waals surface area contributed by atoms with E-state index in [2.05, 4.69) is 121 Å². The highest BCUT2D eigenvalue weighted by atomic mass is 16.5. The lowest BCUT2D eigenvalue weighted by molar-refractivity contribution is -0.0283. The summed E-state index contributed by atoms with van der Waals surface area (Å²) in [5.41, 5.74) is 7.71. The van der Waals surface area contributed by atoms with Gasteiger partial charge >= 0.3 is 0 Å². The van der Waals surface area contributed by atoms with E-state index in [-0.39, 0.29) is 17.8 Å². The molecule has 1 aliphatic rings. The Balaban J connectivity index is 1.10. The zero-order valence-corrected chi connectivity index (χ0v) is 34.0. The number of ether oxygens (including phenoxy) is 2. The predicted octanol–water partition coefficient (Wildman–Crippen LogP) is 9.81. The molecule has 60 heavy (non-hydrogen) atoms. The maximum atomic E-state index is 14.4. The Kier molecular flexibility index (Phi) is 11.3. The second-order valence-corrected chi connectivity index (χ2v) is 15.5. The Hall–Kier alpha value is -6.55. The molecule has 0 aliphatic carbocycles. The van der Waals surface area contributed by atoms with Gasteiger partial charge in [-0.3, -0.25) is 9.36 Å². The molecule has 2 unspecified atom stereocenters. The van der Waals surface area contributed by atoms with E-state index in [0.717, 1.165) is 89.0 Å². The van der Waals surface area contributed by atoms with Gasteiger partial charge in [-0.1, -0.05) is 159 Å². The number of fused-ring (bicyclic) bond motifs is 1. The first kappa shape index (κ1) is 38.9. The Morgan fingerprint density at radius 2 is 1.42 bits per heavy atom. The van der Waals surface area contributed by atoms with Crippen molar-refractivity contribution in [3.63, 3.8) is 0 Å². The fraction of sp³-hybridized carbons (Fsp3) is 0.235. The molecule has 300 valence electrons. The summed E-state index contributed by atoms with van der Waals surface area (Å²) >= 11 is 0. The molecule has 0 amide bonds. The van der Waals surface area contributed by atoms with Crippen LogP contribution in [0.1, 0.15) is 72.4 Å². The zero-order chi connectivity index (χ0) is 40.9. The van der Waals surface area contributed by atoms with Gasteiger partial charge < -0.3 is 9.47 Å². The molecule has 3 heterocycles. The predicted molar refractivity (Wildman–Crippen MR) is 236 cm³/mol. The van der Waals surface area contributed by atoms with Gasteiger partial charge in [-0.25, -0.2) is 9.67 Å². The molecule has 0 bridgehead atoms. The monoisotopic (exact) mass is 792 g/mol. The average molecular weight is 793 g/mol. The zero-order valence-electron chi connectivity index (χ0n) is 34.0. The minimum atomic E-state index is -0.883. The number of nitrogens with zero attached hydrogens (tertiary/aromatic N) is 6. The number of aryl methyl sites for hydroxylation is 1. The molecule has 1 aliphatic heterocycles. The molecule has 0 saturated carbocycles. The average Bonchev–Trinajstić information content (AvgIpc) is 4.03. The number of aromatic nitrogens is 6. The van der Waals surface area contributed by atoms with Crippen molar-refractivity contribution in [2.75, 3.05) is 13.7 Å². The van der Waals surface area contributed by atoms with Crippen molar-refractivity contribution < 1.29 is 9.47 Å². The molecule has 9 nitrogen and oxygen atoms in total. The van der Waals surface area contributed by atoms with Crippen LogP contribution >= 0.6 is 0 Å². The van der Waals surface area contributed by atoms with E-state index in [4.69, 9.17) is 24.8 Å². The summed E-state index contributed by atoms with van der Waals surface area (Å²) in [7, 11) is 1.71. The Morgan fingerprint density at radius 1 is 0.783 bits per heavy atom. The number of tetrazole rings is 1. The summed E-state index contributed by atoms with van der Waals surface area (Å²) in [6, 6.07) is 53.9. The van der Waals surface area contributed by atoms with E-state index in [1.165, 1.54) is 0 Å². The van der Waals surface area contributed by atoms with Crippen molar-refractivity contribution in [2.45, 2.75) is 63.3 Å². The van der Waals surface area contributed by atoms with E-state index in [1.54, 1.807) is 7.11 Å². The standard InChI is InChI=1S/C51H48N6O3/c1-3-4-26-47-52-45-32-31-38(48(59-2)46-25-16-33-60-46)34-44(45)50(58)56(47)35-36-27-29-37(30-28-36)42-23-14-15-24-43(42)49-53-54-55-57(49)51(39-17-8-5-9-18-39,40-19-10-6-11-20-40)41-21-12-7-13-22-41/h5-15,17-24,27-32,34,46,48H,3-4,16,25-26,33,35H2,1-2H3. The molecular weight excluding hydrogens is 745 g/mol. The van der Waals surface area contributed by atoms with E-state index < -0.39 is 5.54 Å². The van der Waals surface area contributed by atoms with Gasteiger partial charge in [0, 0.05) is 25.7 Å². The topological polar surface area (TPSA) is 97.0 Å². The molecule has 8 aromatic rings. The molecule has 6 aromatic carbocycles. The lowest BCUT2D eigenvalue weighted by Crippen LogP contribution is -2.39. The molecular formula is C51H48N6O3. The van der Waals surface area contributed by atoms with Crippen LogP contribution < -0.4 is 5.56 Å². The normalized spacial score (nSPS) is 14.7. The summed E-state index contributed by atoms with van der Waals surface area (Å²) in [4.78, 5) is 19.5. The van der Waals surface area contributed by atoms with Crippen LogP contribution in [0.25, 0.3) is 33.4 Å². The van der Waals surface area contributed by atoms with Crippen LogP contribution in [0, 0.1) is 0 Å². The van der Waals surface area contributed by atoms with Crippen LogP contribution in [0.5, 0.6) is 0 Å². The van der Waals surface area contributed by atoms with Gasteiger partial charge in [0.2, 0.25) is 0 Å². The van der Waals surface area contributed by atoms with Crippen LogP contribution in [0.2, 0.25) is 0 Å². The highest BCUT2D eigenvalue weighted by Gasteiger charge is 2.42. The third kappa shape index (κ3) is 7.24. The number of rotatable bonds is 14. The van der Waals surface area contributed by atoms with Gasteiger partial charge in [0.15, 0.2) is 5.82 Å². The maximum Gasteiger partial charge on any atom is 0.261 e. The lowest BCUT2D eigenvalue weighted by atomic mass is 9.77. The van der Waals surface area contributed by atoms with E-state index in [1.807, 2.05) is 57.8 Å².